The quantitative estimate of drug-likeness (QED) is 0.492. The van der Waals surface area contributed by atoms with Crippen LogP contribution in [0.5, 0.6) is 0 Å². The number of rotatable bonds is 2. The summed E-state index contributed by atoms with van der Waals surface area (Å²) < 4.78 is 0. The molecule has 0 aliphatic heterocycles. The summed E-state index contributed by atoms with van der Waals surface area (Å²) in [4.78, 5) is 0. The molecule has 1 aliphatic rings. The van der Waals surface area contributed by atoms with Gasteiger partial charge < -0.3 is 0 Å². The van der Waals surface area contributed by atoms with Gasteiger partial charge in [0.2, 0.25) is 0 Å². The average Bonchev–Trinajstić information content (AvgIpc) is 2.63. The normalized spacial score (nSPS) is 16.6. The van der Waals surface area contributed by atoms with E-state index in [1.807, 2.05) is 0 Å². The Bertz CT molecular complexity index is 121. The lowest BCUT2D eigenvalue weighted by molar-refractivity contribution is 0.774. The molecule has 1 saturated carbocycles. The van der Waals surface area contributed by atoms with E-state index >= 15 is 0 Å². The van der Waals surface area contributed by atoms with Crippen molar-refractivity contribution in [3.63, 3.8) is 0 Å². The standard InChI is InChI=1S/C9H13/c1-2-3-4-5-6-9-7-8-9/h7,9H,2,5-6,8H2,1H3. The molecule has 1 fully saturated rings. The molecule has 0 spiro atoms. The van der Waals surface area contributed by atoms with Crippen LogP contribution in [0.1, 0.15) is 32.6 Å². The molecular weight excluding hydrogens is 108 g/mol. The van der Waals surface area contributed by atoms with Crippen LogP contribution in [0.3, 0.4) is 0 Å². The van der Waals surface area contributed by atoms with Crippen LogP contribution in [0.25, 0.3) is 0 Å². The molecule has 49 valence electrons. The van der Waals surface area contributed by atoms with Crippen molar-refractivity contribution < 1.29 is 0 Å². The Balaban J connectivity index is 1.91. The zero-order valence-electron chi connectivity index (χ0n) is 5.98. The smallest absolute Gasteiger partial charge is 0.00914 e. The lowest BCUT2D eigenvalue weighted by Crippen LogP contribution is -1.72. The van der Waals surface area contributed by atoms with Crippen molar-refractivity contribution in [1.29, 1.82) is 0 Å². The molecule has 0 saturated heterocycles. The van der Waals surface area contributed by atoms with Gasteiger partial charge >= 0.3 is 0 Å². The van der Waals surface area contributed by atoms with Gasteiger partial charge in [0.25, 0.3) is 0 Å². The second kappa shape index (κ2) is 3.56. The molecule has 1 atom stereocenters. The zero-order chi connectivity index (χ0) is 6.53. The largest absolute Gasteiger partial charge is 0.104 e. The summed E-state index contributed by atoms with van der Waals surface area (Å²) in [6, 6.07) is 0. The van der Waals surface area contributed by atoms with Gasteiger partial charge in [-0.05, 0) is 25.2 Å². The summed E-state index contributed by atoms with van der Waals surface area (Å²) in [7, 11) is 0. The Kier molecular flexibility index (Phi) is 2.64. The van der Waals surface area contributed by atoms with Crippen LogP contribution in [-0.2, 0) is 0 Å². The van der Waals surface area contributed by atoms with Gasteiger partial charge in [-0.15, -0.1) is 11.8 Å². The van der Waals surface area contributed by atoms with Gasteiger partial charge in [0, 0.05) is 12.8 Å². The summed E-state index contributed by atoms with van der Waals surface area (Å²) in [6.45, 7) is 2.09. The summed E-state index contributed by atoms with van der Waals surface area (Å²) in [5.74, 6) is 7.13. The first-order valence-corrected chi connectivity index (χ1v) is 3.72. The molecule has 0 aromatic rings. The predicted octanol–water partition coefficient (Wildman–Crippen LogP) is 2.40. The van der Waals surface area contributed by atoms with E-state index in [0.717, 1.165) is 18.8 Å². The molecule has 0 nitrogen and oxygen atoms in total. The SMILES string of the molecule is CCC#CCCC1[CH]C1. The molecule has 0 heterocycles. The van der Waals surface area contributed by atoms with E-state index in [9.17, 15) is 0 Å². The van der Waals surface area contributed by atoms with Gasteiger partial charge in [-0.25, -0.2) is 0 Å². The fourth-order valence-electron chi connectivity index (χ4n) is 0.803. The fourth-order valence-corrected chi connectivity index (χ4v) is 0.803. The summed E-state index contributed by atoms with van der Waals surface area (Å²) in [6.07, 6.45) is 7.11. The van der Waals surface area contributed by atoms with Crippen molar-refractivity contribution in [2.45, 2.75) is 32.6 Å². The summed E-state index contributed by atoms with van der Waals surface area (Å²) >= 11 is 0. The monoisotopic (exact) mass is 121 g/mol. The topological polar surface area (TPSA) is 0 Å². The molecule has 0 bridgehead atoms. The van der Waals surface area contributed by atoms with Crippen molar-refractivity contribution >= 4 is 0 Å². The average molecular weight is 121 g/mol. The first-order valence-electron chi connectivity index (χ1n) is 3.72. The van der Waals surface area contributed by atoms with Crippen molar-refractivity contribution in [2.75, 3.05) is 0 Å². The van der Waals surface area contributed by atoms with Crippen LogP contribution in [-0.4, -0.2) is 0 Å². The van der Waals surface area contributed by atoms with E-state index in [2.05, 4.69) is 25.2 Å². The number of hydrogen-bond acceptors (Lipinski definition) is 0. The summed E-state index contributed by atoms with van der Waals surface area (Å²) in [5.41, 5.74) is 0. The van der Waals surface area contributed by atoms with Gasteiger partial charge in [0.05, 0.1) is 0 Å². The van der Waals surface area contributed by atoms with Crippen LogP contribution in [0, 0.1) is 24.2 Å². The summed E-state index contributed by atoms with van der Waals surface area (Å²) in [5, 5.41) is 0. The Hall–Kier alpha value is -0.440. The molecule has 0 amide bonds. The van der Waals surface area contributed by atoms with Crippen molar-refractivity contribution in [3.05, 3.63) is 6.42 Å². The van der Waals surface area contributed by atoms with Crippen LogP contribution in [0.2, 0.25) is 0 Å². The van der Waals surface area contributed by atoms with Crippen molar-refractivity contribution in [1.82, 2.24) is 0 Å². The maximum atomic E-state index is 3.14. The minimum Gasteiger partial charge on any atom is -0.104 e. The molecule has 1 aliphatic carbocycles. The molecule has 9 heavy (non-hydrogen) atoms. The highest BCUT2D eigenvalue weighted by atomic mass is 14.2. The van der Waals surface area contributed by atoms with Gasteiger partial charge in [-0.2, -0.15) is 0 Å². The molecule has 0 aromatic carbocycles. The van der Waals surface area contributed by atoms with Crippen LogP contribution >= 0.6 is 0 Å². The molecule has 1 rings (SSSR count). The van der Waals surface area contributed by atoms with Crippen molar-refractivity contribution in [3.8, 4) is 11.8 Å². The molecular formula is C9H13. The lowest BCUT2D eigenvalue weighted by Gasteiger charge is -1.84. The van der Waals surface area contributed by atoms with Gasteiger partial charge in [-0.1, -0.05) is 6.92 Å². The van der Waals surface area contributed by atoms with E-state index in [1.54, 1.807) is 0 Å². The minimum absolute atomic E-state index is 0.927. The first kappa shape index (κ1) is 6.68. The van der Waals surface area contributed by atoms with Gasteiger partial charge in [-0.3, -0.25) is 0 Å². The van der Waals surface area contributed by atoms with Crippen LogP contribution in [0.15, 0.2) is 0 Å². The Labute approximate surface area is 57.7 Å². The first-order chi connectivity index (χ1) is 4.43. The fraction of sp³-hybridized carbons (Fsp3) is 0.667. The second-order valence-corrected chi connectivity index (χ2v) is 2.48. The Morgan fingerprint density at radius 2 is 2.33 bits per heavy atom. The third kappa shape index (κ3) is 3.19. The highest BCUT2D eigenvalue weighted by molar-refractivity contribution is 5.01. The van der Waals surface area contributed by atoms with Gasteiger partial charge in [0.1, 0.15) is 0 Å². The van der Waals surface area contributed by atoms with Gasteiger partial charge in [0.15, 0.2) is 0 Å². The lowest BCUT2D eigenvalue weighted by atomic mass is 10.2. The second-order valence-electron chi connectivity index (χ2n) is 2.48. The minimum atomic E-state index is 0.927. The molecule has 0 heteroatoms. The molecule has 0 aromatic heterocycles. The van der Waals surface area contributed by atoms with E-state index in [-0.39, 0.29) is 0 Å². The maximum absolute atomic E-state index is 3.14. The van der Waals surface area contributed by atoms with E-state index in [0.29, 0.717) is 0 Å². The van der Waals surface area contributed by atoms with Crippen LogP contribution < -0.4 is 0 Å². The van der Waals surface area contributed by atoms with Crippen LogP contribution in [0.4, 0.5) is 0 Å². The van der Waals surface area contributed by atoms with E-state index < -0.39 is 0 Å². The Morgan fingerprint density at radius 3 is 2.89 bits per heavy atom. The highest BCUT2D eigenvalue weighted by Crippen LogP contribution is 2.31. The van der Waals surface area contributed by atoms with E-state index in [4.69, 9.17) is 0 Å². The third-order valence-corrected chi connectivity index (χ3v) is 1.51. The molecule has 0 N–H and O–H groups in total. The Morgan fingerprint density at radius 1 is 1.56 bits per heavy atom. The molecule has 1 radical (unpaired) electrons. The highest BCUT2D eigenvalue weighted by Gasteiger charge is 2.19. The maximum Gasteiger partial charge on any atom is 0.00914 e. The predicted molar refractivity (Wildman–Crippen MR) is 39.7 cm³/mol. The zero-order valence-corrected chi connectivity index (χ0v) is 5.98. The third-order valence-electron chi connectivity index (χ3n) is 1.51. The van der Waals surface area contributed by atoms with E-state index in [1.165, 1.54) is 12.8 Å². The molecule has 1 unspecified atom stereocenters. The number of hydrogen-bond donors (Lipinski definition) is 0. The van der Waals surface area contributed by atoms with Crippen molar-refractivity contribution in [2.24, 2.45) is 5.92 Å².